The summed E-state index contributed by atoms with van der Waals surface area (Å²) in [5.41, 5.74) is 3.55. The summed E-state index contributed by atoms with van der Waals surface area (Å²) >= 11 is 5.99. The number of anilines is 3. The first kappa shape index (κ1) is 15.1. The molecule has 1 aliphatic rings. The van der Waals surface area contributed by atoms with Crippen LogP contribution < -0.4 is 16.0 Å². The second-order valence-corrected chi connectivity index (χ2v) is 5.54. The van der Waals surface area contributed by atoms with Crippen molar-refractivity contribution in [3.63, 3.8) is 0 Å². The minimum atomic E-state index is -0.176. The van der Waals surface area contributed by atoms with E-state index in [9.17, 15) is 9.59 Å². The zero-order valence-electron chi connectivity index (χ0n) is 12.3. The Morgan fingerprint density at radius 2 is 1.83 bits per heavy atom. The van der Waals surface area contributed by atoms with E-state index in [4.69, 9.17) is 11.6 Å². The van der Waals surface area contributed by atoms with Crippen LogP contribution in [-0.2, 0) is 9.59 Å². The average molecular weight is 328 g/mol. The van der Waals surface area contributed by atoms with E-state index < -0.39 is 0 Å². The minimum absolute atomic E-state index is 0.121. The van der Waals surface area contributed by atoms with Gasteiger partial charge >= 0.3 is 0 Å². The van der Waals surface area contributed by atoms with Crippen LogP contribution >= 0.6 is 11.6 Å². The molecule has 3 N–H and O–H groups in total. The molecule has 0 spiro atoms. The number of hydrogen-bond acceptors (Lipinski definition) is 3. The van der Waals surface area contributed by atoms with Gasteiger partial charge in [0.15, 0.2) is 0 Å². The molecule has 0 saturated heterocycles. The normalized spacial score (nSPS) is 14.3. The van der Waals surface area contributed by atoms with Gasteiger partial charge in [0.25, 0.3) is 5.91 Å². The topological polar surface area (TPSA) is 70.2 Å². The Balaban J connectivity index is 1.79. The fourth-order valence-corrected chi connectivity index (χ4v) is 2.48. The maximum Gasteiger partial charge on any atom is 0.257 e. The molecule has 1 aliphatic heterocycles. The van der Waals surface area contributed by atoms with Crippen molar-refractivity contribution in [2.45, 2.75) is 6.92 Å². The van der Waals surface area contributed by atoms with Crippen LogP contribution in [0.2, 0.25) is 5.02 Å². The molecular weight excluding hydrogens is 314 g/mol. The van der Waals surface area contributed by atoms with Crippen molar-refractivity contribution in [3.05, 3.63) is 59.3 Å². The van der Waals surface area contributed by atoms with Gasteiger partial charge in [-0.05, 0) is 42.5 Å². The molecule has 0 aliphatic carbocycles. The summed E-state index contributed by atoms with van der Waals surface area (Å²) in [6.45, 7) is 1.46. The van der Waals surface area contributed by atoms with Crippen molar-refractivity contribution in [1.29, 1.82) is 0 Å². The number of amides is 2. The number of benzene rings is 2. The molecule has 0 fully saturated rings. The monoisotopic (exact) mass is 327 g/mol. The molecule has 0 saturated carbocycles. The van der Waals surface area contributed by atoms with Gasteiger partial charge in [-0.3, -0.25) is 9.59 Å². The second kappa shape index (κ2) is 6.14. The molecule has 5 nitrogen and oxygen atoms in total. The molecule has 0 bridgehead atoms. The average Bonchev–Trinajstić information content (AvgIpc) is 2.81. The highest BCUT2D eigenvalue weighted by Crippen LogP contribution is 2.33. The molecule has 2 amide bonds. The van der Waals surface area contributed by atoms with E-state index in [1.54, 1.807) is 36.5 Å². The lowest BCUT2D eigenvalue weighted by Crippen LogP contribution is -2.06. The molecule has 0 unspecified atom stereocenters. The minimum Gasteiger partial charge on any atom is -0.361 e. The Labute approximate surface area is 138 Å². The highest BCUT2D eigenvalue weighted by Gasteiger charge is 2.24. The van der Waals surface area contributed by atoms with Crippen molar-refractivity contribution in [3.8, 4) is 0 Å². The van der Waals surface area contributed by atoms with Gasteiger partial charge in [-0.2, -0.15) is 0 Å². The van der Waals surface area contributed by atoms with Crippen LogP contribution in [0, 0.1) is 0 Å². The molecule has 0 atom stereocenters. The highest BCUT2D eigenvalue weighted by molar-refractivity contribution is 6.34. The van der Waals surface area contributed by atoms with Gasteiger partial charge in [0.1, 0.15) is 0 Å². The fraction of sp³-hybridized carbons (Fsp3) is 0.0588. The predicted octanol–water partition coefficient (Wildman–Crippen LogP) is 3.70. The maximum atomic E-state index is 12.0. The molecule has 0 aromatic heterocycles. The number of halogens is 1. The van der Waals surface area contributed by atoms with Crippen LogP contribution in [0.3, 0.4) is 0 Å². The lowest BCUT2D eigenvalue weighted by atomic mass is 10.1. The van der Waals surface area contributed by atoms with Gasteiger partial charge < -0.3 is 16.0 Å². The first-order valence-corrected chi connectivity index (χ1v) is 7.36. The summed E-state index contributed by atoms with van der Waals surface area (Å²) in [7, 11) is 0. The zero-order chi connectivity index (χ0) is 16.4. The fourth-order valence-electron chi connectivity index (χ4n) is 2.31. The molecule has 3 rings (SSSR count). The van der Waals surface area contributed by atoms with Crippen molar-refractivity contribution in [2.75, 3.05) is 16.0 Å². The number of fused-ring (bicyclic) bond motifs is 1. The number of nitrogens with one attached hydrogen (secondary N) is 3. The SMILES string of the molecule is CC(=O)Nc1ccc(N/C=C2\C(=O)Nc3ccc(Cl)cc32)cc1. The molecule has 1 heterocycles. The quantitative estimate of drug-likeness (QED) is 0.753. The summed E-state index contributed by atoms with van der Waals surface area (Å²) < 4.78 is 0. The summed E-state index contributed by atoms with van der Waals surface area (Å²) in [5, 5.41) is 9.14. The van der Waals surface area contributed by atoms with E-state index in [-0.39, 0.29) is 11.8 Å². The third kappa shape index (κ3) is 3.35. The molecule has 0 radical (unpaired) electrons. The Morgan fingerprint density at radius 1 is 1.13 bits per heavy atom. The molecule has 2 aromatic rings. The molecular formula is C17H14ClN3O2. The molecule has 116 valence electrons. The Bertz CT molecular complexity index is 813. The van der Waals surface area contributed by atoms with E-state index in [0.717, 1.165) is 16.9 Å². The summed E-state index contributed by atoms with van der Waals surface area (Å²) in [6, 6.07) is 12.4. The molecule has 23 heavy (non-hydrogen) atoms. The van der Waals surface area contributed by atoms with Crippen LogP contribution in [0.25, 0.3) is 5.57 Å². The summed E-state index contributed by atoms with van der Waals surface area (Å²) in [5.74, 6) is -0.298. The number of carbonyl (C=O) groups is 2. The third-order valence-electron chi connectivity index (χ3n) is 3.35. The summed E-state index contributed by atoms with van der Waals surface area (Å²) in [6.07, 6.45) is 1.64. The number of hydrogen-bond donors (Lipinski definition) is 3. The van der Waals surface area contributed by atoms with Crippen LogP contribution in [0.15, 0.2) is 48.7 Å². The predicted molar refractivity (Wildman–Crippen MR) is 92.4 cm³/mol. The Hall–Kier alpha value is -2.79. The molecule has 2 aromatic carbocycles. The first-order valence-electron chi connectivity index (χ1n) is 6.98. The standard InChI is InChI=1S/C17H14ClN3O2/c1-10(22)20-13-5-3-12(4-6-13)19-9-15-14-8-11(18)2-7-16(14)21-17(15)23/h2-9,19H,1H3,(H,20,22)(H,21,23)/b15-9-. The summed E-state index contributed by atoms with van der Waals surface area (Å²) in [4.78, 5) is 23.0. The van der Waals surface area contributed by atoms with E-state index in [1.807, 2.05) is 12.1 Å². The van der Waals surface area contributed by atoms with E-state index in [0.29, 0.717) is 16.3 Å². The number of rotatable bonds is 3. The van der Waals surface area contributed by atoms with Gasteiger partial charge in [0.05, 0.1) is 5.57 Å². The van der Waals surface area contributed by atoms with Crippen molar-refractivity contribution < 1.29 is 9.59 Å². The Morgan fingerprint density at radius 3 is 2.52 bits per heavy atom. The van der Waals surface area contributed by atoms with Gasteiger partial charge in [-0.1, -0.05) is 11.6 Å². The van der Waals surface area contributed by atoms with Gasteiger partial charge in [0.2, 0.25) is 5.91 Å². The van der Waals surface area contributed by atoms with Gasteiger partial charge in [-0.25, -0.2) is 0 Å². The van der Waals surface area contributed by atoms with Crippen molar-refractivity contribution in [1.82, 2.24) is 0 Å². The Kier molecular flexibility index (Phi) is 4.04. The number of carbonyl (C=O) groups excluding carboxylic acids is 2. The van der Waals surface area contributed by atoms with E-state index in [1.165, 1.54) is 6.92 Å². The largest absolute Gasteiger partial charge is 0.361 e. The van der Waals surface area contributed by atoms with Crippen molar-refractivity contribution >= 4 is 46.1 Å². The first-order chi connectivity index (χ1) is 11.0. The van der Waals surface area contributed by atoms with Crippen LogP contribution in [-0.4, -0.2) is 11.8 Å². The maximum absolute atomic E-state index is 12.0. The van der Waals surface area contributed by atoms with Crippen LogP contribution in [0.4, 0.5) is 17.1 Å². The van der Waals surface area contributed by atoms with Gasteiger partial charge in [0, 0.05) is 40.8 Å². The van der Waals surface area contributed by atoms with Crippen LogP contribution in [0.5, 0.6) is 0 Å². The van der Waals surface area contributed by atoms with E-state index >= 15 is 0 Å². The lowest BCUT2D eigenvalue weighted by molar-refractivity contribution is -0.114. The smallest absolute Gasteiger partial charge is 0.257 e. The lowest BCUT2D eigenvalue weighted by Gasteiger charge is -2.05. The van der Waals surface area contributed by atoms with E-state index in [2.05, 4.69) is 16.0 Å². The third-order valence-corrected chi connectivity index (χ3v) is 3.59. The molecule has 6 heteroatoms. The highest BCUT2D eigenvalue weighted by atomic mass is 35.5. The van der Waals surface area contributed by atoms with Crippen LogP contribution in [0.1, 0.15) is 12.5 Å². The zero-order valence-corrected chi connectivity index (χ0v) is 13.1. The second-order valence-electron chi connectivity index (χ2n) is 5.10. The van der Waals surface area contributed by atoms with Gasteiger partial charge in [-0.15, -0.1) is 0 Å². The van der Waals surface area contributed by atoms with Crippen molar-refractivity contribution in [2.24, 2.45) is 0 Å².